The van der Waals surface area contributed by atoms with E-state index >= 15 is 0 Å². The minimum atomic E-state index is -0.598. The topological polar surface area (TPSA) is 106 Å². The third-order valence-electron chi connectivity index (χ3n) is 4.04. The third-order valence-corrected chi connectivity index (χ3v) is 4.04. The molecule has 0 fully saturated rings. The lowest BCUT2D eigenvalue weighted by molar-refractivity contribution is -0.119. The number of hydrogen-bond donors (Lipinski definition) is 1. The number of nitrogens with two attached hydrogens (primary N) is 1. The highest BCUT2D eigenvalue weighted by Crippen LogP contribution is 2.42. The van der Waals surface area contributed by atoms with E-state index in [0.29, 0.717) is 39.9 Å². The van der Waals surface area contributed by atoms with E-state index in [2.05, 4.69) is 0 Å². The fourth-order valence-electron chi connectivity index (χ4n) is 2.79. The number of ether oxygens (including phenoxy) is 5. The molecule has 1 aliphatic heterocycles. The van der Waals surface area contributed by atoms with E-state index in [1.807, 2.05) is 0 Å². The fourth-order valence-corrected chi connectivity index (χ4v) is 2.79. The number of rotatable bonds is 7. The molecule has 0 bridgehead atoms. The molecule has 3 rings (SSSR count). The van der Waals surface area contributed by atoms with Crippen molar-refractivity contribution in [1.82, 2.24) is 0 Å². The number of primary amides is 1. The van der Waals surface area contributed by atoms with E-state index in [0.717, 1.165) is 0 Å². The Balaban J connectivity index is 1.93. The molecule has 146 valence electrons. The van der Waals surface area contributed by atoms with E-state index in [1.54, 1.807) is 30.3 Å². The number of methoxy groups -OCH3 is 3. The average Bonchev–Trinajstić information content (AvgIpc) is 3.00. The maximum absolute atomic E-state index is 12.7. The lowest BCUT2D eigenvalue weighted by Crippen LogP contribution is -2.19. The summed E-state index contributed by atoms with van der Waals surface area (Å²) in [6.45, 7) is -0.266. The molecule has 1 aliphatic rings. The van der Waals surface area contributed by atoms with Crippen LogP contribution in [0.5, 0.6) is 28.7 Å². The minimum Gasteiger partial charge on any atom is -0.493 e. The molecule has 1 heterocycles. The van der Waals surface area contributed by atoms with Gasteiger partial charge in [0.25, 0.3) is 5.91 Å². The van der Waals surface area contributed by atoms with Gasteiger partial charge < -0.3 is 29.4 Å². The number of hydrogen-bond acceptors (Lipinski definition) is 7. The molecule has 28 heavy (non-hydrogen) atoms. The van der Waals surface area contributed by atoms with Crippen LogP contribution in [0, 0.1) is 0 Å². The highest BCUT2D eigenvalue weighted by Gasteiger charge is 2.28. The summed E-state index contributed by atoms with van der Waals surface area (Å²) in [5.74, 6) is 1.25. The van der Waals surface area contributed by atoms with Crippen LogP contribution in [-0.4, -0.2) is 39.6 Å². The van der Waals surface area contributed by atoms with Gasteiger partial charge in [-0.25, -0.2) is 0 Å². The summed E-state index contributed by atoms with van der Waals surface area (Å²) in [5, 5.41) is 0. The second-order valence-corrected chi connectivity index (χ2v) is 5.78. The van der Waals surface area contributed by atoms with Gasteiger partial charge in [-0.1, -0.05) is 0 Å². The Kier molecular flexibility index (Phi) is 5.39. The van der Waals surface area contributed by atoms with E-state index in [-0.39, 0.29) is 18.1 Å². The van der Waals surface area contributed by atoms with Crippen molar-refractivity contribution in [1.29, 1.82) is 0 Å². The predicted octanol–water partition coefficient (Wildman–Crippen LogP) is 2.19. The lowest BCUT2D eigenvalue weighted by atomic mass is 10.1. The number of fused-ring (bicyclic) bond motifs is 1. The summed E-state index contributed by atoms with van der Waals surface area (Å²) >= 11 is 0. The van der Waals surface area contributed by atoms with Crippen molar-refractivity contribution in [2.45, 2.75) is 0 Å². The van der Waals surface area contributed by atoms with Crippen LogP contribution in [0.3, 0.4) is 0 Å². The highest BCUT2D eigenvalue weighted by atomic mass is 16.5. The Morgan fingerprint density at radius 1 is 1.07 bits per heavy atom. The van der Waals surface area contributed by atoms with Gasteiger partial charge >= 0.3 is 0 Å². The van der Waals surface area contributed by atoms with Crippen LogP contribution < -0.4 is 29.4 Å². The molecule has 1 amide bonds. The Bertz CT molecular complexity index is 965. The number of allylic oxidation sites excluding steroid dienone is 1. The van der Waals surface area contributed by atoms with Crippen LogP contribution >= 0.6 is 0 Å². The summed E-state index contributed by atoms with van der Waals surface area (Å²) in [5.41, 5.74) is 6.04. The SMILES string of the molecule is COc1ccc(C=C2Oc3cc(OCC(N)=O)ccc3C2=O)c(OC)c1OC. The van der Waals surface area contributed by atoms with Crippen molar-refractivity contribution >= 4 is 17.8 Å². The Morgan fingerprint density at radius 3 is 2.46 bits per heavy atom. The van der Waals surface area contributed by atoms with E-state index in [4.69, 9.17) is 29.4 Å². The summed E-state index contributed by atoms with van der Waals surface area (Å²) in [7, 11) is 4.51. The van der Waals surface area contributed by atoms with Gasteiger partial charge in [-0.2, -0.15) is 0 Å². The number of ketones is 1. The van der Waals surface area contributed by atoms with Gasteiger partial charge in [-0.15, -0.1) is 0 Å². The second kappa shape index (κ2) is 7.91. The molecule has 2 aromatic rings. The smallest absolute Gasteiger partial charge is 0.255 e. The fraction of sp³-hybridized carbons (Fsp3) is 0.200. The number of carbonyl (C=O) groups excluding carboxylic acids is 2. The third kappa shape index (κ3) is 3.57. The van der Waals surface area contributed by atoms with Crippen LogP contribution in [0.15, 0.2) is 36.1 Å². The average molecular weight is 385 g/mol. The predicted molar refractivity (Wildman–Crippen MR) is 100 cm³/mol. The largest absolute Gasteiger partial charge is 0.493 e. The summed E-state index contributed by atoms with van der Waals surface area (Å²) < 4.78 is 27.0. The van der Waals surface area contributed by atoms with Crippen molar-refractivity contribution in [3.8, 4) is 28.7 Å². The summed E-state index contributed by atoms with van der Waals surface area (Å²) in [6, 6.07) is 8.11. The maximum Gasteiger partial charge on any atom is 0.255 e. The summed E-state index contributed by atoms with van der Waals surface area (Å²) in [4.78, 5) is 23.5. The van der Waals surface area contributed by atoms with Gasteiger partial charge in [0.15, 0.2) is 23.9 Å². The zero-order valence-electron chi connectivity index (χ0n) is 15.6. The lowest BCUT2D eigenvalue weighted by Gasteiger charge is -2.14. The molecule has 0 saturated heterocycles. The molecule has 2 N–H and O–H groups in total. The molecule has 0 aliphatic carbocycles. The van der Waals surface area contributed by atoms with Crippen LogP contribution in [0.25, 0.3) is 6.08 Å². The molecule has 0 unspecified atom stereocenters. The minimum absolute atomic E-state index is 0.118. The second-order valence-electron chi connectivity index (χ2n) is 5.78. The quantitative estimate of drug-likeness (QED) is 0.728. The standard InChI is InChI=1S/C20H19NO7/c1-24-14-7-4-11(19(25-2)20(14)26-3)8-16-18(23)13-6-5-12(9-15(13)28-16)27-10-17(21)22/h4-9H,10H2,1-3H3,(H2,21,22). The molecular weight excluding hydrogens is 366 g/mol. The zero-order valence-corrected chi connectivity index (χ0v) is 15.6. The highest BCUT2D eigenvalue weighted by molar-refractivity contribution is 6.14. The zero-order chi connectivity index (χ0) is 20.3. The molecule has 0 spiro atoms. The maximum atomic E-state index is 12.7. The molecule has 8 heteroatoms. The monoisotopic (exact) mass is 385 g/mol. The molecule has 0 radical (unpaired) electrons. The van der Waals surface area contributed by atoms with E-state index in [9.17, 15) is 9.59 Å². The van der Waals surface area contributed by atoms with Gasteiger partial charge in [0, 0.05) is 11.6 Å². The van der Waals surface area contributed by atoms with E-state index < -0.39 is 5.91 Å². The van der Waals surface area contributed by atoms with Crippen LogP contribution in [0.2, 0.25) is 0 Å². The first kappa shape index (κ1) is 19.1. The van der Waals surface area contributed by atoms with Crippen molar-refractivity contribution in [2.75, 3.05) is 27.9 Å². The number of benzene rings is 2. The van der Waals surface area contributed by atoms with Crippen LogP contribution in [-0.2, 0) is 4.79 Å². The van der Waals surface area contributed by atoms with Gasteiger partial charge in [-0.05, 0) is 30.3 Å². The first-order valence-corrected chi connectivity index (χ1v) is 8.26. The normalized spacial score (nSPS) is 13.7. The molecule has 2 aromatic carbocycles. The molecule has 0 saturated carbocycles. The van der Waals surface area contributed by atoms with Crippen LogP contribution in [0.1, 0.15) is 15.9 Å². The van der Waals surface area contributed by atoms with Crippen molar-refractivity contribution < 1.29 is 33.3 Å². The molecular formula is C20H19NO7. The summed E-state index contributed by atoms with van der Waals surface area (Å²) in [6.07, 6.45) is 1.56. The van der Waals surface area contributed by atoms with Gasteiger partial charge in [0.2, 0.25) is 11.5 Å². The van der Waals surface area contributed by atoms with Gasteiger partial charge in [0.1, 0.15) is 11.5 Å². The van der Waals surface area contributed by atoms with Gasteiger partial charge in [0.05, 0.1) is 26.9 Å². The van der Waals surface area contributed by atoms with Crippen LogP contribution in [0.4, 0.5) is 0 Å². The molecule has 8 nitrogen and oxygen atoms in total. The Labute approximate surface area is 161 Å². The van der Waals surface area contributed by atoms with E-state index in [1.165, 1.54) is 27.4 Å². The number of carbonyl (C=O) groups is 2. The Morgan fingerprint density at radius 2 is 1.82 bits per heavy atom. The first-order chi connectivity index (χ1) is 13.5. The van der Waals surface area contributed by atoms with Gasteiger partial charge in [-0.3, -0.25) is 9.59 Å². The van der Waals surface area contributed by atoms with Crippen molar-refractivity contribution in [3.05, 3.63) is 47.2 Å². The Hall–Kier alpha value is -3.68. The molecule has 0 aromatic heterocycles. The van der Waals surface area contributed by atoms with Crippen molar-refractivity contribution in [3.63, 3.8) is 0 Å². The first-order valence-electron chi connectivity index (χ1n) is 8.26. The van der Waals surface area contributed by atoms with Crippen molar-refractivity contribution in [2.24, 2.45) is 5.73 Å². The number of amides is 1. The number of Topliss-reactive ketones (excluding diaryl/α,β-unsaturated/α-hetero) is 1. The molecule has 0 atom stereocenters.